The molecule has 0 radical (unpaired) electrons. The van der Waals surface area contributed by atoms with E-state index < -0.39 is 0 Å². The fraction of sp³-hybridized carbons (Fsp3) is 1.00. The first-order valence-electron chi connectivity index (χ1n) is 6.07. The molecule has 2 saturated carbocycles. The second-order valence-corrected chi connectivity index (χ2v) is 5.26. The van der Waals surface area contributed by atoms with Gasteiger partial charge in [0.25, 0.3) is 0 Å². The molecule has 2 rings (SSSR count). The van der Waals surface area contributed by atoms with Crippen LogP contribution in [0.4, 0.5) is 0 Å². The van der Waals surface area contributed by atoms with Gasteiger partial charge in [0.1, 0.15) is 0 Å². The molecule has 0 saturated heterocycles. The van der Waals surface area contributed by atoms with Crippen molar-refractivity contribution in [1.82, 2.24) is 0 Å². The molecule has 0 atom stereocenters. The number of hydrogen-bond donors (Lipinski definition) is 1. The van der Waals surface area contributed by atoms with E-state index in [0.29, 0.717) is 0 Å². The Hall–Kier alpha value is -0.0400. The molecule has 13 heavy (non-hydrogen) atoms. The summed E-state index contributed by atoms with van der Waals surface area (Å²) in [5.74, 6) is 1.03. The topological polar surface area (TPSA) is 26.0 Å². The van der Waals surface area contributed by atoms with Crippen molar-refractivity contribution < 1.29 is 0 Å². The molecule has 2 N–H and O–H groups in total. The Morgan fingerprint density at radius 3 is 2.23 bits per heavy atom. The largest absolute Gasteiger partial charge is 0.325 e. The molecule has 0 aromatic rings. The van der Waals surface area contributed by atoms with Gasteiger partial charge in [0.2, 0.25) is 0 Å². The van der Waals surface area contributed by atoms with Gasteiger partial charge in [-0.05, 0) is 31.6 Å². The first-order valence-corrected chi connectivity index (χ1v) is 6.07. The summed E-state index contributed by atoms with van der Waals surface area (Å²) in [7, 11) is 0. The molecule has 0 aromatic heterocycles. The third kappa shape index (κ3) is 2.46. The van der Waals surface area contributed by atoms with E-state index in [0.717, 1.165) is 5.92 Å². The molecule has 2 fully saturated rings. The lowest BCUT2D eigenvalue weighted by Crippen LogP contribution is -2.36. The maximum atomic E-state index is 6.34. The summed E-state index contributed by atoms with van der Waals surface area (Å²) in [6, 6.07) is 0. The summed E-state index contributed by atoms with van der Waals surface area (Å²) in [5, 5.41) is 0. The summed E-state index contributed by atoms with van der Waals surface area (Å²) >= 11 is 0. The van der Waals surface area contributed by atoms with Crippen LogP contribution >= 0.6 is 0 Å². The van der Waals surface area contributed by atoms with Crippen LogP contribution in [0.15, 0.2) is 0 Å². The first kappa shape index (κ1) is 9.51. The van der Waals surface area contributed by atoms with Gasteiger partial charge in [-0.1, -0.05) is 38.5 Å². The number of hydrogen-bond acceptors (Lipinski definition) is 1. The Morgan fingerprint density at radius 2 is 1.62 bits per heavy atom. The molecule has 0 heterocycles. The highest BCUT2D eigenvalue weighted by Gasteiger charge is 2.30. The third-order valence-electron chi connectivity index (χ3n) is 4.12. The van der Waals surface area contributed by atoms with Crippen molar-refractivity contribution >= 4 is 0 Å². The van der Waals surface area contributed by atoms with E-state index in [1.807, 2.05) is 0 Å². The van der Waals surface area contributed by atoms with E-state index in [-0.39, 0.29) is 5.54 Å². The Morgan fingerprint density at radius 1 is 1.00 bits per heavy atom. The van der Waals surface area contributed by atoms with E-state index in [1.54, 1.807) is 0 Å². The van der Waals surface area contributed by atoms with Crippen molar-refractivity contribution in [3.63, 3.8) is 0 Å². The summed E-state index contributed by atoms with van der Waals surface area (Å²) in [5.41, 5.74) is 6.59. The minimum absolute atomic E-state index is 0.253. The van der Waals surface area contributed by atoms with Crippen molar-refractivity contribution in [2.24, 2.45) is 11.7 Å². The molecule has 2 aliphatic rings. The number of nitrogens with two attached hydrogens (primary N) is 1. The number of rotatable bonds is 3. The SMILES string of the molecule is NC1(CCC2CCCC2)CCCC1. The zero-order valence-corrected chi connectivity index (χ0v) is 8.73. The molecule has 1 heteroatoms. The minimum atomic E-state index is 0.253. The second-order valence-electron chi connectivity index (χ2n) is 5.26. The van der Waals surface area contributed by atoms with Crippen LogP contribution in [0.3, 0.4) is 0 Å². The smallest absolute Gasteiger partial charge is 0.0154 e. The van der Waals surface area contributed by atoms with E-state index in [1.165, 1.54) is 64.2 Å². The Balaban J connectivity index is 1.71. The van der Waals surface area contributed by atoms with Gasteiger partial charge in [-0.15, -0.1) is 0 Å². The first-order chi connectivity index (χ1) is 6.29. The van der Waals surface area contributed by atoms with E-state index >= 15 is 0 Å². The van der Waals surface area contributed by atoms with Crippen molar-refractivity contribution in [2.45, 2.75) is 69.7 Å². The van der Waals surface area contributed by atoms with Gasteiger partial charge in [-0.3, -0.25) is 0 Å². The third-order valence-corrected chi connectivity index (χ3v) is 4.12. The summed E-state index contributed by atoms with van der Waals surface area (Å²) in [6.45, 7) is 0. The van der Waals surface area contributed by atoms with Crippen molar-refractivity contribution in [3.8, 4) is 0 Å². The highest BCUT2D eigenvalue weighted by Crippen LogP contribution is 2.35. The van der Waals surface area contributed by atoms with Crippen molar-refractivity contribution in [1.29, 1.82) is 0 Å². The van der Waals surface area contributed by atoms with E-state index in [9.17, 15) is 0 Å². The van der Waals surface area contributed by atoms with Crippen LogP contribution < -0.4 is 5.73 Å². The average Bonchev–Trinajstić information content (AvgIpc) is 2.72. The van der Waals surface area contributed by atoms with Crippen LogP contribution in [0.2, 0.25) is 0 Å². The molecule has 2 aliphatic carbocycles. The molecule has 0 amide bonds. The Bertz CT molecular complexity index is 153. The summed E-state index contributed by atoms with van der Waals surface area (Å²) < 4.78 is 0. The zero-order chi connectivity index (χ0) is 9.15. The predicted molar refractivity (Wildman–Crippen MR) is 56.6 cm³/mol. The zero-order valence-electron chi connectivity index (χ0n) is 8.73. The van der Waals surface area contributed by atoms with Gasteiger partial charge >= 0.3 is 0 Å². The normalized spacial score (nSPS) is 28.4. The minimum Gasteiger partial charge on any atom is -0.325 e. The van der Waals surface area contributed by atoms with Gasteiger partial charge in [-0.2, -0.15) is 0 Å². The molecule has 0 spiro atoms. The quantitative estimate of drug-likeness (QED) is 0.710. The molecular weight excluding hydrogens is 158 g/mol. The Labute approximate surface area is 82.1 Å². The molecule has 0 aliphatic heterocycles. The highest BCUT2D eigenvalue weighted by molar-refractivity contribution is 4.89. The second kappa shape index (κ2) is 4.00. The fourth-order valence-electron chi connectivity index (χ4n) is 3.12. The van der Waals surface area contributed by atoms with E-state index in [2.05, 4.69) is 0 Å². The molecule has 0 aromatic carbocycles. The van der Waals surface area contributed by atoms with E-state index in [4.69, 9.17) is 5.73 Å². The van der Waals surface area contributed by atoms with Gasteiger partial charge in [0.15, 0.2) is 0 Å². The molecule has 0 bridgehead atoms. The molecular formula is C12H23N. The standard InChI is InChI=1S/C12H23N/c13-12(8-3-4-9-12)10-7-11-5-1-2-6-11/h11H,1-10,13H2. The fourth-order valence-corrected chi connectivity index (χ4v) is 3.12. The lowest BCUT2D eigenvalue weighted by Gasteiger charge is -2.24. The maximum absolute atomic E-state index is 6.34. The highest BCUT2D eigenvalue weighted by atomic mass is 14.7. The average molecular weight is 181 g/mol. The monoisotopic (exact) mass is 181 g/mol. The van der Waals surface area contributed by atoms with Gasteiger partial charge in [-0.25, -0.2) is 0 Å². The molecule has 1 nitrogen and oxygen atoms in total. The van der Waals surface area contributed by atoms with Crippen LogP contribution in [0, 0.1) is 5.92 Å². The summed E-state index contributed by atoms with van der Waals surface area (Å²) in [4.78, 5) is 0. The lowest BCUT2D eigenvalue weighted by molar-refractivity contribution is 0.348. The predicted octanol–water partition coefficient (Wildman–Crippen LogP) is 3.23. The molecule has 76 valence electrons. The van der Waals surface area contributed by atoms with Gasteiger partial charge < -0.3 is 5.73 Å². The van der Waals surface area contributed by atoms with Crippen LogP contribution in [0.1, 0.15) is 64.2 Å². The van der Waals surface area contributed by atoms with Gasteiger partial charge in [0, 0.05) is 5.54 Å². The lowest BCUT2D eigenvalue weighted by atomic mass is 9.88. The van der Waals surface area contributed by atoms with Crippen molar-refractivity contribution in [2.75, 3.05) is 0 Å². The van der Waals surface area contributed by atoms with Crippen LogP contribution in [-0.4, -0.2) is 5.54 Å². The van der Waals surface area contributed by atoms with Gasteiger partial charge in [0.05, 0.1) is 0 Å². The maximum Gasteiger partial charge on any atom is 0.0154 e. The van der Waals surface area contributed by atoms with Crippen LogP contribution in [0.25, 0.3) is 0 Å². The van der Waals surface area contributed by atoms with Crippen LogP contribution in [0.5, 0.6) is 0 Å². The van der Waals surface area contributed by atoms with Crippen LogP contribution in [-0.2, 0) is 0 Å². The van der Waals surface area contributed by atoms with Crippen molar-refractivity contribution in [3.05, 3.63) is 0 Å². The Kier molecular flexibility index (Phi) is 2.92. The summed E-state index contributed by atoms with van der Waals surface area (Å²) in [6.07, 6.45) is 14.0. The molecule has 0 unspecified atom stereocenters.